The molecule has 0 radical (unpaired) electrons. The monoisotopic (exact) mass is 304 g/mol. The summed E-state index contributed by atoms with van der Waals surface area (Å²) in [5.41, 5.74) is 1.22. The lowest BCUT2D eigenvalue weighted by Gasteiger charge is -2.21. The first-order valence-corrected chi connectivity index (χ1v) is 8.06. The number of amides is 2. The van der Waals surface area contributed by atoms with Gasteiger partial charge in [0.1, 0.15) is 0 Å². The van der Waals surface area contributed by atoms with Gasteiger partial charge >= 0.3 is 0 Å². The number of hydrogen-bond acceptors (Lipinski definition) is 2. The minimum Gasteiger partial charge on any atom is -0.356 e. The summed E-state index contributed by atoms with van der Waals surface area (Å²) in [5, 5.41) is 5.72. The largest absolute Gasteiger partial charge is 0.356 e. The zero-order valence-corrected chi connectivity index (χ0v) is 13.9. The Morgan fingerprint density at radius 2 is 1.59 bits per heavy atom. The molecule has 4 nitrogen and oxygen atoms in total. The molecule has 1 aromatic rings. The van der Waals surface area contributed by atoms with Gasteiger partial charge in [-0.15, -0.1) is 0 Å². The standard InChI is InChI=1S/C18H28N2O2/c1-14(2)17(16-9-5-4-6-10-16)13-18(22)20-12-8-7-11-19-15(3)21/h4-6,9-10,14,17H,7-8,11-13H2,1-3H3,(H,19,21)(H,20,22). The van der Waals surface area contributed by atoms with Crippen molar-refractivity contribution in [1.82, 2.24) is 10.6 Å². The van der Waals surface area contributed by atoms with Crippen LogP contribution in [-0.4, -0.2) is 24.9 Å². The van der Waals surface area contributed by atoms with Gasteiger partial charge in [0, 0.05) is 26.4 Å². The Balaban J connectivity index is 2.31. The van der Waals surface area contributed by atoms with Crippen LogP contribution in [0.15, 0.2) is 30.3 Å². The summed E-state index contributed by atoms with van der Waals surface area (Å²) in [6, 6.07) is 10.2. The first kappa shape index (κ1) is 18.2. The highest BCUT2D eigenvalue weighted by Gasteiger charge is 2.19. The molecule has 0 saturated heterocycles. The molecule has 22 heavy (non-hydrogen) atoms. The van der Waals surface area contributed by atoms with Crippen molar-refractivity contribution in [1.29, 1.82) is 0 Å². The lowest BCUT2D eigenvalue weighted by molar-refractivity contribution is -0.122. The third-order valence-electron chi connectivity index (χ3n) is 3.74. The van der Waals surface area contributed by atoms with E-state index >= 15 is 0 Å². The van der Waals surface area contributed by atoms with E-state index in [9.17, 15) is 9.59 Å². The SMILES string of the molecule is CC(=O)NCCCCNC(=O)CC(c1ccccc1)C(C)C. The number of nitrogens with one attached hydrogen (secondary N) is 2. The molecule has 1 rings (SSSR count). The van der Waals surface area contributed by atoms with Crippen LogP contribution in [-0.2, 0) is 9.59 Å². The normalized spacial score (nSPS) is 12.0. The Morgan fingerprint density at radius 3 is 2.14 bits per heavy atom. The van der Waals surface area contributed by atoms with E-state index in [1.165, 1.54) is 12.5 Å². The maximum atomic E-state index is 12.1. The fourth-order valence-corrected chi connectivity index (χ4v) is 2.45. The van der Waals surface area contributed by atoms with Crippen molar-refractivity contribution in [2.24, 2.45) is 5.92 Å². The molecule has 0 spiro atoms. The summed E-state index contributed by atoms with van der Waals surface area (Å²) >= 11 is 0. The molecule has 1 unspecified atom stereocenters. The topological polar surface area (TPSA) is 58.2 Å². The Labute approximate surface area is 133 Å². The molecule has 0 aliphatic rings. The number of benzene rings is 1. The number of hydrogen-bond donors (Lipinski definition) is 2. The Hall–Kier alpha value is -1.84. The first-order chi connectivity index (χ1) is 10.5. The zero-order chi connectivity index (χ0) is 16.4. The number of rotatable bonds is 9. The molecule has 2 N–H and O–H groups in total. The van der Waals surface area contributed by atoms with Crippen LogP contribution in [0.25, 0.3) is 0 Å². The van der Waals surface area contributed by atoms with Gasteiger partial charge < -0.3 is 10.6 Å². The second kappa shape index (κ2) is 9.98. The summed E-state index contributed by atoms with van der Waals surface area (Å²) in [6.07, 6.45) is 2.28. The van der Waals surface area contributed by atoms with E-state index < -0.39 is 0 Å². The summed E-state index contributed by atoms with van der Waals surface area (Å²) in [4.78, 5) is 22.8. The van der Waals surface area contributed by atoms with Gasteiger partial charge in [0.15, 0.2) is 0 Å². The first-order valence-electron chi connectivity index (χ1n) is 8.06. The summed E-state index contributed by atoms with van der Waals surface area (Å²) in [5.74, 6) is 0.766. The quantitative estimate of drug-likeness (QED) is 0.689. The van der Waals surface area contributed by atoms with Gasteiger partial charge in [-0.1, -0.05) is 44.2 Å². The molecule has 1 atom stereocenters. The Morgan fingerprint density at radius 1 is 1.00 bits per heavy atom. The van der Waals surface area contributed by atoms with Gasteiger partial charge in [0.25, 0.3) is 0 Å². The highest BCUT2D eigenvalue weighted by Crippen LogP contribution is 2.27. The molecule has 1 aromatic carbocycles. The van der Waals surface area contributed by atoms with Crippen LogP contribution in [0, 0.1) is 5.92 Å². The molecule has 122 valence electrons. The maximum absolute atomic E-state index is 12.1. The zero-order valence-electron chi connectivity index (χ0n) is 13.9. The second-order valence-electron chi connectivity index (χ2n) is 6.01. The van der Waals surface area contributed by atoms with Crippen LogP contribution in [0.5, 0.6) is 0 Å². The van der Waals surface area contributed by atoms with Gasteiger partial charge in [0.05, 0.1) is 0 Å². The molecular formula is C18H28N2O2. The maximum Gasteiger partial charge on any atom is 0.220 e. The molecule has 2 amide bonds. The summed E-state index contributed by atoms with van der Waals surface area (Å²) in [7, 11) is 0. The lowest BCUT2D eigenvalue weighted by atomic mass is 9.85. The molecule has 0 aromatic heterocycles. The summed E-state index contributed by atoms with van der Waals surface area (Å²) < 4.78 is 0. The predicted octanol–water partition coefficient (Wildman–Crippen LogP) is 2.85. The number of unbranched alkanes of at least 4 members (excludes halogenated alkanes) is 1. The minimum absolute atomic E-state index is 0.00771. The van der Waals surface area contributed by atoms with Crippen LogP contribution in [0.1, 0.15) is 51.5 Å². The molecule has 0 heterocycles. The number of carbonyl (C=O) groups excluding carboxylic acids is 2. The van der Waals surface area contributed by atoms with E-state index in [-0.39, 0.29) is 17.7 Å². The highest BCUT2D eigenvalue weighted by atomic mass is 16.2. The molecule has 0 aliphatic heterocycles. The average molecular weight is 304 g/mol. The van der Waals surface area contributed by atoms with Crippen LogP contribution >= 0.6 is 0 Å². The smallest absolute Gasteiger partial charge is 0.220 e. The molecule has 0 fully saturated rings. The number of carbonyl (C=O) groups is 2. The van der Waals surface area contributed by atoms with Crippen molar-refractivity contribution in [3.63, 3.8) is 0 Å². The van der Waals surface area contributed by atoms with Crippen LogP contribution in [0.3, 0.4) is 0 Å². The van der Waals surface area contributed by atoms with E-state index in [2.05, 4.69) is 36.6 Å². The van der Waals surface area contributed by atoms with Crippen molar-refractivity contribution in [2.75, 3.05) is 13.1 Å². The molecule has 4 heteroatoms. The molecular weight excluding hydrogens is 276 g/mol. The fourth-order valence-electron chi connectivity index (χ4n) is 2.45. The highest BCUT2D eigenvalue weighted by molar-refractivity contribution is 5.76. The summed E-state index contributed by atoms with van der Waals surface area (Å²) in [6.45, 7) is 7.15. The van der Waals surface area contributed by atoms with E-state index in [1.807, 2.05) is 18.2 Å². The third-order valence-corrected chi connectivity index (χ3v) is 3.74. The fraction of sp³-hybridized carbons (Fsp3) is 0.556. The van der Waals surface area contributed by atoms with E-state index in [0.29, 0.717) is 25.4 Å². The van der Waals surface area contributed by atoms with E-state index in [1.54, 1.807) is 0 Å². The van der Waals surface area contributed by atoms with Crippen molar-refractivity contribution in [2.45, 2.75) is 46.0 Å². The van der Waals surface area contributed by atoms with Crippen LogP contribution < -0.4 is 10.6 Å². The van der Waals surface area contributed by atoms with E-state index in [4.69, 9.17) is 0 Å². The second-order valence-corrected chi connectivity index (χ2v) is 6.01. The van der Waals surface area contributed by atoms with Crippen molar-refractivity contribution in [3.05, 3.63) is 35.9 Å². The lowest BCUT2D eigenvalue weighted by Crippen LogP contribution is -2.28. The average Bonchev–Trinajstić information content (AvgIpc) is 2.48. The van der Waals surface area contributed by atoms with Gasteiger partial charge in [0.2, 0.25) is 11.8 Å². The van der Waals surface area contributed by atoms with E-state index in [0.717, 1.165) is 12.8 Å². The molecule has 0 aliphatic carbocycles. The van der Waals surface area contributed by atoms with Crippen molar-refractivity contribution in [3.8, 4) is 0 Å². The Kier molecular flexibility index (Phi) is 8.26. The molecule has 0 bridgehead atoms. The van der Waals surface area contributed by atoms with Gasteiger partial charge in [-0.3, -0.25) is 9.59 Å². The Bertz CT molecular complexity index is 457. The van der Waals surface area contributed by atoms with Crippen molar-refractivity contribution >= 4 is 11.8 Å². The van der Waals surface area contributed by atoms with Crippen molar-refractivity contribution < 1.29 is 9.59 Å². The van der Waals surface area contributed by atoms with Gasteiger partial charge in [-0.2, -0.15) is 0 Å². The molecule has 0 saturated carbocycles. The van der Waals surface area contributed by atoms with Crippen LogP contribution in [0.2, 0.25) is 0 Å². The minimum atomic E-state index is -0.00771. The predicted molar refractivity (Wildman–Crippen MR) is 89.6 cm³/mol. The van der Waals surface area contributed by atoms with Gasteiger partial charge in [-0.05, 0) is 30.2 Å². The van der Waals surface area contributed by atoms with Gasteiger partial charge in [-0.25, -0.2) is 0 Å². The van der Waals surface area contributed by atoms with Crippen LogP contribution in [0.4, 0.5) is 0 Å². The third kappa shape index (κ3) is 7.25.